The molecule has 74 valence electrons. The number of aldehydes is 1. The van der Waals surface area contributed by atoms with Crippen LogP contribution in [-0.2, 0) is 4.79 Å². The van der Waals surface area contributed by atoms with E-state index in [-0.39, 0.29) is 5.92 Å². The summed E-state index contributed by atoms with van der Waals surface area (Å²) >= 11 is 0. The fourth-order valence-electron chi connectivity index (χ4n) is 2.44. The molecule has 1 nitrogen and oxygen atoms in total. The average Bonchev–Trinajstić information content (AvgIpc) is 2.30. The first-order valence-corrected chi connectivity index (χ1v) is 5.42. The van der Waals surface area contributed by atoms with E-state index in [1.54, 1.807) is 0 Å². The van der Waals surface area contributed by atoms with Crippen LogP contribution in [0.25, 0.3) is 0 Å². The number of benzene rings is 1. The van der Waals surface area contributed by atoms with Crippen molar-refractivity contribution >= 4 is 6.29 Å². The maximum atomic E-state index is 10.9. The summed E-state index contributed by atoms with van der Waals surface area (Å²) in [6.45, 7) is 0. The predicted molar refractivity (Wildman–Crippen MR) is 57.2 cm³/mol. The van der Waals surface area contributed by atoms with Crippen LogP contribution in [0.2, 0.25) is 0 Å². The molecule has 0 radical (unpaired) electrons. The quantitative estimate of drug-likeness (QED) is 0.651. The molecule has 1 aliphatic carbocycles. The van der Waals surface area contributed by atoms with Crippen LogP contribution in [0.4, 0.5) is 0 Å². The summed E-state index contributed by atoms with van der Waals surface area (Å²) in [4.78, 5) is 10.9. The molecule has 0 unspecified atom stereocenters. The van der Waals surface area contributed by atoms with Gasteiger partial charge in [-0.1, -0.05) is 43.2 Å². The van der Waals surface area contributed by atoms with Gasteiger partial charge in [-0.2, -0.15) is 0 Å². The molecule has 1 fully saturated rings. The van der Waals surface area contributed by atoms with E-state index in [2.05, 4.69) is 24.3 Å². The molecule has 0 aliphatic heterocycles. The lowest BCUT2D eigenvalue weighted by Crippen LogP contribution is -2.18. The number of rotatable bonds is 2. The van der Waals surface area contributed by atoms with E-state index in [0.29, 0.717) is 5.92 Å². The monoisotopic (exact) mass is 188 g/mol. The van der Waals surface area contributed by atoms with Gasteiger partial charge < -0.3 is 4.79 Å². The van der Waals surface area contributed by atoms with Crippen LogP contribution >= 0.6 is 0 Å². The molecule has 1 aromatic carbocycles. The molecular weight excluding hydrogens is 172 g/mol. The van der Waals surface area contributed by atoms with Crippen molar-refractivity contribution in [2.45, 2.75) is 31.6 Å². The lowest BCUT2D eigenvalue weighted by Gasteiger charge is -2.27. The minimum absolute atomic E-state index is 0.256. The molecule has 0 N–H and O–H groups in total. The Morgan fingerprint density at radius 2 is 1.79 bits per heavy atom. The van der Waals surface area contributed by atoms with Crippen molar-refractivity contribution in [3.63, 3.8) is 0 Å². The second kappa shape index (κ2) is 4.41. The molecule has 2 atom stereocenters. The van der Waals surface area contributed by atoms with E-state index in [0.717, 1.165) is 12.7 Å². The lowest BCUT2D eigenvalue weighted by atomic mass is 9.76. The minimum Gasteiger partial charge on any atom is -0.303 e. The highest BCUT2D eigenvalue weighted by Crippen LogP contribution is 2.36. The van der Waals surface area contributed by atoms with E-state index in [9.17, 15) is 4.79 Å². The Hall–Kier alpha value is -1.11. The van der Waals surface area contributed by atoms with Crippen LogP contribution in [0.15, 0.2) is 30.3 Å². The maximum absolute atomic E-state index is 10.9. The number of hydrogen-bond donors (Lipinski definition) is 0. The molecule has 0 spiro atoms. The van der Waals surface area contributed by atoms with Crippen molar-refractivity contribution in [2.75, 3.05) is 0 Å². The number of hydrogen-bond acceptors (Lipinski definition) is 1. The van der Waals surface area contributed by atoms with Gasteiger partial charge in [0.2, 0.25) is 0 Å². The van der Waals surface area contributed by atoms with Crippen molar-refractivity contribution in [3.8, 4) is 0 Å². The number of carbonyl (C=O) groups is 1. The Morgan fingerprint density at radius 1 is 1.07 bits per heavy atom. The molecule has 0 heterocycles. The van der Waals surface area contributed by atoms with Crippen LogP contribution < -0.4 is 0 Å². The average molecular weight is 188 g/mol. The third-order valence-corrected chi connectivity index (χ3v) is 3.22. The second-order valence-electron chi connectivity index (χ2n) is 4.10. The van der Waals surface area contributed by atoms with Gasteiger partial charge in [0.15, 0.2) is 0 Å². The highest BCUT2D eigenvalue weighted by Gasteiger charge is 2.25. The normalized spacial score (nSPS) is 27.1. The van der Waals surface area contributed by atoms with Gasteiger partial charge in [0.1, 0.15) is 6.29 Å². The van der Waals surface area contributed by atoms with Gasteiger partial charge in [0, 0.05) is 5.92 Å². The van der Waals surface area contributed by atoms with Crippen molar-refractivity contribution in [2.24, 2.45) is 5.92 Å². The summed E-state index contributed by atoms with van der Waals surface area (Å²) in [6.07, 6.45) is 5.88. The van der Waals surface area contributed by atoms with Crippen LogP contribution in [-0.4, -0.2) is 6.29 Å². The van der Waals surface area contributed by atoms with Crippen molar-refractivity contribution in [3.05, 3.63) is 35.9 Å². The van der Waals surface area contributed by atoms with Gasteiger partial charge in [0.05, 0.1) is 0 Å². The fourth-order valence-corrected chi connectivity index (χ4v) is 2.44. The molecule has 0 saturated heterocycles. The SMILES string of the molecule is O=C[C@@H]1CCCC[C@H]1c1ccccc1. The highest BCUT2D eigenvalue weighted by molar-refractivity contribution is 5.56. The highest BCUT2D eigenvalue weighted by atomic mass is 16.1. The van der Waals surface area contributed by atoms with E-state index in [1.165, 1.54) is 24.8 Å². The van der Waals surface area contributed by atoms with E-state index >= 15 is 0 Å². The summed E-state index contributed by atoms with van der Waals surface area (Å²) < 4.78 is 0. The van der Waals surface area contributed by atoms with Crippen LogP contribution in [0.5, 0.6) is 0 Å². The molecule has 1 aromatic rings. The van der Waals surface area contributed by atoms with Gasteiger partial charge >= 0.3 is 0 Å². The molecule has 0 amide bonds. The van der Waals surface area contributed by atoms with Gasteiger partial charge in [-0.25, -0.2) is 0 Å². The van der Waals surface area contributed by atoms with Crippen LogP contribution in [0.1, 0.15) is 37.2 Å². The Labute approximate surface area is 85.1 Å². The first kappa shape index (κ1) is 9.45. The van der Waals surface area contributed by atoms with Gasteiger partial charge in [0.25, 0.3) is 0 Å². The van der Waals surface area contributed by atoms with Gasteiger partial charge in [-0.3, -0.25) is 0 Å². The molecule has 1 aliphatic rings. The Bertz CT molecular complexity index is 291. The molecule has 0 bridgehead atoms. The third kappa shape index (κ3) is 1.87. The maximum Gasteiger partial charge on any atom is 0.123 e. The lowest BCUT2D eigenvalue weighted by molar-refractivity contribution is -0.112. The second-order valence-corrected chi connectivity index (χ2v) is 4.10. The van der Waals surface area contributed by atoms with Crippen LogP contribution in [0.3, 0.4) is 0 Å². The fraction of sp³-hybridized carbons (Fsp3) is 0.462. The number of carbonyl (C=O) groups excluding carboxylic acids is 1. The molecular formula is C13H16O. The zero-order valence-electron chi connectivity index (χ0n) is 8.36. The molecule has 2 rings (SSSR count). The first-order valence-electron chi connectivity index (χ1n) is 5.42. The Kier molecular flexibility index (Phi) is 2.97. The predicted octanol–water partition coefficient (Wildman–Crippen LogP) is 3.16. The zero-order valence-corrected chi connectivity index (χ0v) is 8.36. The van der Waals surface area contributed by atoms with E-state index in [4.69, 9.17) is 0 Å². The standard InChI is InChI=1S/C13H16O/c14-10-12-8-4-5-9-13(12)11-6-2-1-3-7-11/h1-3,6-7,10,12-13H,4-5,8-9H2/t12-,13-/m0/s1. The minimum atomic E-state index is 0.256. The summed E-state index contributed by atoms with van der Waals surface area (Å²) in [5.41, 5.74) is 1.34. The third-order valence-electron chi connectivity index (χ3n) is 3.22. The zero-order chi connectivity index (χ0) is 9.80. The summed E-state index contributed by atoms with van der Waals surface area (Å²) in [5.74, 6) is 0.730. The summed E-state index contributed by atoms with van der Waals surface area (Å²) in [5, 5.41) is 0. The van der Waals surface area contributed by atoms with Gasteiger partial charge in [-0.05, 0) is 24.3 Å². The van der Waals surface area contributed by atoms with E-state index < -0.39 is 0 Å². The van der Waals surface area contributed by atoms with Crippen LogP contribution in [0, 0.1) is 5.92 Å². The molecule has 1 saturated carbocycles. The topological polar surface area (TPSA) is 17.1 Å². The summed E-state index contributed by atoms with van der Waals surface area (Å²) in [7, 11) is 0. The molecule has 14 heavy (non-hydrogen) atoms. The van der Waals surface area contributed by atoms with Crippen molar-refractivity contribution in [1.29, 1.82) is 0 Å². The molecule has 1 heteroatoms. The van der Waals surface area contributed by atoms with Crippen molar-refractivity contribution in [1.82, 2.24) is 0 Å². The largest absolute Gasteiger partial charge is 0.303 e. The first-order chi connectivity index (χ1) is 6.92. The smallest absolute Gasteiger partial charge is 0.123 e. The van der Waals surface area contributed by atoms with Gasteiger partial charge in [-0.15, -0.1) is 0 Å². The summed E-state index contributed by atoms with van der Waals surface area (Å²) in [6, 6.07) is 10.4. The molecule has 0 aromatic heterocycles. The van der Waals surface area contributed by atoms with E-state index in [1.807, 2.05) is 6.07 Å². The Morgan fingerprint density at radius 3 is 2.50 bits per heavy atom. The Balaban J connectivity index is 2.19. The van der Waals surface area contributed by atoms with Crippen molar-refractivity contribution < 1.29 is 4.79 Å².